The number of aromatic nitrogens is 3. The van der Waals surface area contributed by atoms with Crippen molar-refractivity contribution in [3.8, 4) is 0 Å². The van der Waals surface area contributed by atoms with Gasteiger partial charge in [-0.15, -0.1) is 0 Å². The van der Waals surface area contributed by atoms with Gasteiger partial charge in [0, 0.05) is 24.6 Å². The molecule has 2 aromatic rings. The van der Waals surface area contributed by atoms with Gasteiger partial charge in [-0.1, -0.05) is 0 Å². The summed E-state index contributed by atoms with van der Waals surface area (Å²) in [7, 11) is 0. The second-order valence-corrected chi connectivity index (χ2v) is 6.37. The van der Waals surface area contributed by atoms with Crippen LogP contribution in [0.5, 0.6) is 0 Å². The molecule has 1 fully saturated rings. The molecule has 0 radical (unpaired) electrons. The molecule has 0 saturated carbocycles. The molecule has 0 bridgehead atoms. The minimum absolute atomic E-state index is 0.251. The molecule has 7 heteroatoms. The quantitative estimate of drug-likeness (QED) is 0.857. The van der Waals surface area contributed by atoms with Crippen LogP contribution < -0.4 is 0 Å². The first-order chi connectivity index (χ1) is 11.3. The highest BCUT2D eigenvalue weighted by Crippen LogP contribution is 2.39. The van der Waals surface area contributed by atoms with Gasteiger partial charge in [0.15, 0.2) is 0 Å². The summed E-state index contributed by atoms with van der Waals surface area (Å²) in [5, 5.41) is 0. The summed E-state index contributed by atoms with van der Waals surface area (Å²) in [5.41, 5.74) is -0.0666. The van der Waals surface area contributed by atoms with E-state index in [1.807, 2.05) is 19.1 Å². The van der Waals surface area contributed by atoms with E-state index in [1.54, 1.807) is 19.3 Å². The molecule has 2 aromatic heterocycles. The highest BCUT2D eigenvalue weighted by molar-refractivity contribution is 5.19. The summed E-state index contributed by atoms with van der Waals surface area (Å²) in [6.45, 7) is 4.94. The predicted octanol–water partition coefficient (Wildman–Crippen LogP) is 3.71. The van der Waals surface area contributed by atoms with Gasteiger partial charge in [-0.05, 0) is 57.0 Å². The molecular formula is C17H19F3N4. The molecule has 24 heavy (non-hydrogen) atoms. The Labute approximate surface area is 138 Å². The largest absolute Gasteiger partial charge is 0.433 e. The van der Waals surface area contributed by atoms with E-state index in [9.17, 15) is 13.2 Å². The summed E-state index contributed by atoms with van der Waals surface area (Å²) in [6, 6.07) is 4.82. The van der Waals surface area contributed by atoms with Crippen molar-refractivity contribution in [1.82, 2.24) is 19.9 Å². The number of aryl methyl sites for hydroxylation is 1. The van der Waals surface area contributed by atoms with Gasteiger partial charge in [0.2, 0.25) is 0 Å². The lowest BCUT2D eigenvalue weighted by atomic mass is 9.96. The van der Waals surface area contributed by atoms with Crippen molar-refractivity contribution in [3.63, 3.8) is 0 Å². The normalized spacial score (nSPS) is 22.0. The van der Waals surface area contributed by atoms with Crippen LogP contribution in [-0.4, -0.2) is 26.4 Å². The van der Waals surface area contributed by atoms with Crippen LogP contribution in [0.25, 0.3) is 0 Å². The fourth-order valence-electron chi connectivity index (χ4n) is 3.19. The van der Waals surface area contributed by atoms with E-state index in [4.69, 9.17) is 0 Å². The molecule has 4 nitrogen and oxygen atoms in total. The van der Waals surface area contributed by atoms with E-state index in [0.29, 0.717) is 12.2 Å². The van der Waals surface area contributed by atoms with E-state index in [1.165, 1.54) is 0 Å². The molecule has 128 valence electrons. The Hall–Kier alpha value is -2.02. The molecule has 3 rings (SSSR count). The van der Waals surface area contributed by atoms with Gasteiger partial charge in [0.1, 0.15) is 11.5 Å². The molecular weight excluding hydrogens is 317 g/mol. The SMILES string of the molecule is Cc1cc(C(F)(F)F)nc(C2(C)CCCN2Cc2ccncc2)n1. The third-order valence-corrected chi connectivity index (χ3v) is 4.54. The van der Waals surface area contributed by atoms with Crippen molar-refractivity contribution in [3.05, 3.63) is 53.4 Å². The predicted molar refractivity (Wildman–Crippen MR) is 83.0 cm³/mol. The van der Waals surface area contributed by atoms with Crippen molar-refractivity contribution in [2.24, 2.45) is 0 Å². The molecule has 0 aliphatic carbocycles. The first kappa shape index (κ1) is 16.8. The van der Waals surface area contributed by atoms with Crippen LogP contribution in [0.2, 0.25) is 0 Å². The highest BCUT2D eigenvalue weighted by Gasteiger charge is 2.42. The fourth-order valence-corrected chi connectivity index (χ4v) is 3.19. The van der Waals surface area contributed by atoms with Crippen LogP contribution in [-0.2, 0) is 18.3 Å². The minimum atomic E-state index is -4.46. The number of rotatable bonds is 3. The van der Waals surface area contributed by atoms with Crippen LogP contribution >= 0.6 is 0 Å². The molecule has 1 atom stereocenters. The lowest BCUT2D eigenvalue weighted by molar-refractivity contribution is -0.141. The molecule has 1 saturated heterocycles. The van der Waals surface area contributed by atoms with Gasteiger partial charge in [-0.25, -0.2) is 9.97 Å². The summed E-state index contributed by atoms with van der Waals surface area (Å²) in [5.74, 6) is 0.251. The zero-order valence-corrected chi connectivity index (χ0v) is 13.6. The topological polar surface area (TPSA) is 41.9 Å². The molecule has 0 amide bonds. The van der Waals surface area contributed by atoms with Gasteiger partial charge in [-0.3, -0.25) is 9.88 Å². The maximum atomic E-state index is 13.1. The number of likely N-dealkylation sites (tertiary alicyclic amines) is 1. The molecule has 1 aliphatic rings. The summed E-state index contributed by atoms with van der Waals surface area (Å²) < 4.78 is 39.3. The van der Waals surface area contributed by atoms with E-state index < -0.39 is 17.4 Å². The van der Waals surface area contributed by atoms with Crippen LogP contribution in [0.15, 0.2) is 30.6 Å². The highest BCUT2D eigenvalue weighted by atomic mass is 19.4. The lowest BCUT2D eigenvalue weighted by Crippen LogP contribution is -2.40. The van der Waals surface area contributed by atoms with Crippen LogP contribution in [0.3, 0.4) is 0 Å². The number of alkyl halides is 3. The third kappa shape index (κ3) is 3.26. The first-order valence-electron chi connectivity index (χ1n) is 7.86. The Kier molecular flexibility index (Phi) is 4.29. The van der Waals surface area contributed by atoms with E-state index in [-0.39, 0.29) is 5.82 Å². The van der Waals surface area contributed by atoms with E-state index in [0.717, 1.165) is 31.0 Å². The second kappa shape index (κ2) is 6.12. The standard InChI is InChI=1S/C17H19F3N4/c1-12-10-14(17(18,19)20)23-15(22-12)16(2)6-3-9-24(16)11-13-4-7-21-8-5-13/h4-5,7-8,10H,3,6,9,11H2,1-2H3. The van der Waals surface area contributed by atoms with Crippen molar-refractivity contribution < 1.29 is 13.2 Å². The van der Waals surface area contributed by atoms with E-state index >= 15 is 0 Å². The lowest BCUT2D eigenvalue weighted by Gasteiger charge is -2.34. The van der Waals surface area contributed by atoms with Crippen molar-refractivity contribution >= 4 is 0 Å². The van der Waals surface area contributed by atoms with Crippen LogP contribution in [0.1, 0.15) is 42.5 Å². The Morgan fingerprint density at radius 3 is 2.58 bits per heavy atom. The summed E-state index contributed by atoms with van der Waals surface area (Å²) >= 11 is 0. The zero-order valence-electron chi connectivity index (χ0n) is 13.6. The summed E-state index contributed by atoms with van der Waals surface area (Å²) in [4.78, 5) is 14.3. The molecule has 0 aromatic carbocycles. The molecule has 1 aliphatic heterocycles. The Balaban J connectivity index is 1.95. The van der Waals surface area contributed by atoms with Gasteiger partial charge < -0.3 is 0 Å². The van der Waals surface area contributed by atoms with Gasteiger partial charge in [0.05, 0.1) is 5.54 Å². The smallest absolute Gasteiger partial charge is 0.287 e. The average molecular weight is 336 g/mol. The maximum Gasteiger partial charge on any atom is 0.433 e. The van der Waals surface area contributed by atoms with Crippen LogP contribution in [0.4, 0.5) is 13.2 Å². The molecule has 1 unspecified atom stereocenters. The maximum absolute atomic E-state index is 13.1. The van der Waals surface area contributed by atoms with Gasteiger partial charge >= 0.3 is 6.18 Å². The number of hydrogen-bond donors (Lipinski definition) is 0. The minimum Gasteiger partial charge on any atom is -0.287 e. The van der Waals surface area contributed by atoms with Crippen molar-refractivity contribution in [2.75, 3.05) is 6.54 Å². The summed E-state index contributed by atoms with van der Waals surface area (Å²) in [6.07, 6.45) is 0.605. The number of nitrogens with zero attached hydrogens (tertiary/aromatic N) is 4. The molecule has 3 heterocycles. The van der Waals surface area contributed by atoms with Gasteiger partial charge in [-0.2, -0.15) is 13.2 Å². The third-order valence-electron chi connectivity index (χ3n) is 4.54. The number of hydrogen-bond acceptors (Lipinski definition) is 4. The average Bonchev–Trinajstić information content (AvgIpc) is 2.89. The second-order valence-electron chi connectivity index (χ2n) is 6.37. The van der Waals surface area contributed by atoms with Crippen molar-refractivity contribution in [2.45, 2.75) is 44.9 Å². The Morgan fingerprint density at radius 2 is 1.92 bits per heavy atom. The molecule has 0 spiro atoms. The number of pyridine rings is 1. The Morgan fingerprint density at radius 1 is 1.21 bits per heavy atom. The van der Waals surface area contributed by atoms with Crippen molar-refractivity contribution in [1.29, 1.82) is 0 Å². The van der Waals surface area contributed by atoms with E-state index in [2.05, 4.69) is 19.9 Å². The number of halogens is 3. The first-order valence-corrected chi connectivity index (χ1v) is 7.86. The Bertz CT molecular complexity index is 718. The van der Waals surface area contributed by atoms with Gasteiger partial charge in [0.25, 0.3) is 0 Å². The zero-order chi connectivity index (χ0) is 17.4. The van der Waals surface area contributed by atoms with Crippen LogP contribution in [0, 0.1) is 6.92 Å². The monoisotopic (exact) mass is 336 g/mol. The fraction of sp³-hybridized carbons (Fsp3) is 0.471. The molecule has 0 N–H and O–H groups in total.